The zero-order chi connectivity index (χ0) is 14.9. The number of amides is 1. The molecule has 0 aromatic carbocycles. The second-order valence-electron chi connectivity index (χ2n) is 6.70. The Morgan fingerprint density at radius 3 is 2.70 bits per heavy atom. The first-order chi connectivity index (χ1) is 9.35. The number of thiocarbonyl (C=S) groups is 1. The highest BCUT2D eigenvalue weighted by atomic mass is 32.1. The molecule has 0 aromatic rings. The minimum Gasteiger partial charge on any atom is -0.393 e. The first-order valence-electron chi connectivity index (χ1n) is 7.65. The molecule has 20 heavy (non-hydrogen) atoms. The lowest BCUT2D eigenvalue weighted by Crippen LogP contribution is -2.56. The summed E-state index contributed by atoms with van der Waals surface area (Å²) in [6, 6.07) is 0. The fourth-order valence-electron chi connectivity index (χ4n) is 3.70. The van der Waals surface area contributed by atoms with E-state index < -0.39 is 5.60 Å². The molecule has 1 aliphatic heterocycles. The highest BCUT2D eigenvalue weighted by Gasteiger charge is 2.44. The molecule has 0 aromatic heterocycles. The summed E-state index contributed by atoms with van der Waals surface area (Å²) in [6.07, 6.45) is 4.83. The minimum absolute atomic E-state index is 0.0418. The number of hydrogen-bond donors (Lipinski definition) is 2. The zero-order valence-corrected chi connectivity index (χ0v) is 13.3. The first kappa shape index (κ1) is 15.7. The zero-order valence-electron chi connectivity index (χ0n) is 12.5. The second-order valence-corrected chi connectivity index (χ2v) is 7.18. The molecule has 0 radical (unpaired) electrons. The Morgan fingerprint density at radius 1 is 1.40 bits per heavy atom. The predicted molar refractivity (Wildman–Crippen MR) is 83.2 cm³/mol. The maximum absolute atomic E-state index is 12.6. The number of carbonyl (C=O) groups is 1. The fraction of sp³-hybridized carbons (Fsp3) is 0.867. The number of fused-ring (bicyclic) bond motifs is 1. The van der Waals surface area contributed by atoms with Crippen molar-refractivity contribution < 1.29 is 9.90 Å². The molecule has 1 aliphatic carbocycles. The van der Waals surface area contributed by atoms with Crippen LogP contribution in [0.3, 0.4) is 0 Å². The molecule has 4 nitrogen and oxygen atoms in total. The van der Waals surface area contributed by atoms with E-state index in [1.807, 2.05) is 18.7 Å². The number of carbonyl (C=O) groups excluding carboxylic acids is 1. The van der Waals surface area contributed by atoms with E-state index in [1.165, 1.54) is 0 Å². The van der Waals surface area contributed by atoms with Crippen LogP contribution in [-0.2, 0) is 4.79 Å². The highest BCUT2D eigenvalue weighted by molar-refractivity contribution is 7.80. The summed E-state index contributed by atoms with van der Waals surface area (Å²) < 4.78 is 0. The van der Waals surface area contributed by atoms with E-state index in [-0.39, 0.29) is 28.6 Å². The molecule has 2 rings (SSSR count). The van der Waals surface area contributed by atoms with E-state index in [4.69, 9.17) is 18.0 Å². The number of rotatable bonds is 3. The fourth-order valence-corrected chi connectivity index (χ4v) is 4.08. The molecule has 1 heterocycles. The Labute approximate surface area is 126 Å². The minimum atomic E-state index is -0.550. The predicted octanol–water partition coefficient (Wildman–Crippen LogP) is 1.70. The van der Waals surface area contributed by atoms with Crippen LogP contribution in [0.5, 0.6) is 0 Å². The second kappa shape index (κ2) is 5.98. The van der Waals surface area contributed by atoms with Gasteiger partial charge in [-0.05, 0) is 25.2 Å². The third kappa shape index (κ3) is 2.98. The summed E-state index contributed by atoms with van der Waals surface area (Å²) in [5.74, 6) is 0.000168. The Morgan fingerprint density at radius 2 is 2.10 bits per heavy atom. The van der Waals surface area contributed by atoms with Crippen LogP contribution in [-0.4, -0.2) is 39.6 Å². The summed E-state index contributed by atoms with van der Waals surface area (Å²) in [5.41, 5.74) is 5.19. The van der Waals surface area contributed by atoms with Crippen LogP contribution in [0, 0.1) is 17.8 Å². The summed E-state index contributed by atoms with van der Waals surface area (Å²) in [7, 11) is 0. The largest absolute Gasteiger partial charge is 0.393 e. The quantitative estimate of drug-likeness (QED) is 0.778. The molecule has 1 saturated carbocycles. The maximum atomic E-state index is 12.6. The number of aliphatic hydroxyl groups is 1. The summed E-state index contributed by atoms with van der Waals surface area (Å²) in [5, 5.41) is 10.7. The molecule has 5 heteroatoms. The molecule has 0 bridgehead atoms. The number of nitrogens with two attached hydrogens (primary N) is 1. The highest BCUT2D eigenvalue weighted by Crippen LogP contribution is 2.40. The Bertz CT molecular complexity index is 399. The van der Waals surface area contributed by atoms with Gasteiger partial charge in [-0.3, -0.25) is 4.79 Å². The van der Waals surface area contributed by atoms with Crippen molar-refractivity contribution in [3.8, 4) is 0 Å². The normalized spacial score (nSPS) is 31.8. The topological polar surface area (TPSA) is 66.6 Å². The van der Waals surface area contributed by atoms with Crippen LogP contribution >= 0.6 is 12.2 Å². The van der Waals surface area contributed by atoms with Crippen molar-refractivity contribution >= 4 is 23.1 Å². The molecule has 114 valence electrons. The molecular formula is C15H26N2O2S. The van der Waals surface area contributed by atoms with Gasteiger partial charge in [-0.2, -0.15) is 0 Å². The van der Waals surface area contributed by atoms with Gasteiger partial charge in [-0.15, -0.1) is 0 Å². The van der Waals surface area contributed by atoms with Gasteiger partial charge in [-0.1, -0.05) is 38.9 Å². The van der Waals surface area contributed by atoms with Crippen LogP contribution in [0.25, 0.3) is 0 Å². The van der Waals surface area contributed by atoms with Crippen molar-refractivity contribution in [3.63, 3.8) is 0 Å². The van der Waals surface area contributed by atoms with Gasteiger partial charge >= 0.3 is 0 Å². The Hall–Kier alpha value is -0.680. The molecule has 3 unspecified atom stereocenters. The lowest BCUT2D eigenvalue weighted by atomic mass is 9.71. The van der Waals surface area contributed by atoms with Crippen molar-refractivity contribution in [2.75, 3.05) is 13.1 Å². The van der Waals surface area contributed by atoms with Crippen LogP contribution in [0.1, 0.15) is 46.0 Å². The number of piperidine rings is 1. The molecule has 2 fully saturated rings. The van der Waals surface area contributed by atoms with Crippen molar-refractivity contribution in [2.45, 2.75) is 51.6 Å². The molecule has 1 amide bonds. The van der Waals surface area contributed by atoms with E-state index >= 15 is 0 Å². The Kier molecular flexibility index (Phi) is 4.69. The molecular weight excluding hydrogens is 272 g/mol. The number of hydrogen-bond acceptors (Lipinski definition) is 3. The van der Waals surface area contributed by atoms with Gasteiger partial charge in [0.25, 0.3) is 0 Å². The van der Waals surface area contributed by atoms with Crippen LogP contribution in [0.15, 0.2) is 0 Å². The first-order valence-corrected chi connectivity index (χ1v) is 8.06. The number of nitrogens with zero attached hydrogens (tertiary/aromatic N) is 1. The van der Waals surface area contributed by atoms with Crippen molar-refractivity contribution in [2.24, 2.45) is 23.5 Å². The van der Waals surface area contributed by atoms with E-state index in [2.05, 4.69) is 0 Å². The van der Waals surface area contributed by atoms with Crippen molar-refractivity contribution in [1.82, 2.24) is 4.90 Å². The van der Waals surface area contributed by atoms with Crippen LogP contribution < -0.4 is 5.73 Å². The lowest BCUT2D eigenvalue weighted by molar-refractivity contribution is -0.146. The summed E-state index contributed by atoms with van der Waals surface area (Å²) >= 11 is 5.06. The van der Waals surface area contributed by atoms with Gasteiger partial charge in [-0.25, -0.2) is 0 Å². The van der Waals surface area contributed by atoms with E-state index in [0.717, 1.165) is 25.7 Å². The molecule has 2 aliphatic rings. The molecule has 1 saturated heterocycles. The van der Waals surface area contributed by atoms with Gasteiger partial charge in [0, 0.05) is 19.0 Å². The maximum Gasteiger partial charge on any atom is 0.232 e. The van der Waals surface area contributed by atoms with Crippen molar-refractivity contribution in [1.29, 1.82) is 0 Å². The Balaban J connectivity index is 2.07. The van der Waals surface area contributed by atoms with E-state index in [1.54, 1.807) is 0 Å². The van der Waals surface area contributed by atoms with Crippen molar-refractivity contribution in [3.05, 3.63) is 0 Å². The molecule has 0 spiro atoms. The van der Waals surface area contributed by atoms with Crippen LogP contribution in [0.4, 0.5) is 0 Å². The third-order valence-corrected chi connectivity index (χ3v) is 5.23. The van der Waals surface area contributed by atoms with Gasteiger partial charge in [0.15, 0.2) is 0 Å². The number of likely N-dealkylation sites (tertiary alicyclic amines) is 1. The standard InChI is InChI=1S/C15H26N2O2S/c1-10(2)12(13(16)20)14(18)17-8-7-15(19)6-4-3-5-11(15)9-17/h10-12,19H,3-9H2,1-2H3,(H2,16,20). The summed E-state index contributed by atoms with van der Waals surface area (Å²) in [6.45, 7) is 5.23. The van der Waals surface area contributed by atoms with E-state index in [9.17, 15) is 9.90 Å². The van der Waals surface area contributed by atoms with Crippen LogP contribution in [0.2, 0.25) is 0 Å². The summed E-state index contributed by atoms with van der Waals surface area (Å²) in [4.78, 5) is 14.8. The smallest absolute Gasteiger partial charge is 0.232 e. The monoisotopic (exact) mass is 298 g/mol. The van der Waals surface area contributed by atoms with Gasteiger partial charge in [0.2, 0.25) is 5.91 Å². The molecule has 3 N–H and O–H groups in total. The lowest BCUT2D eigenvalue weighted by Gasteiger charge is -2.48. The third-order valence-electron chi connectivity index (χ3n) is 4.98. The van der Waals surface area contributed by atoms with Gasteiger partial charge in [0.1, 0.15) is 0 Å². The average Bonchev–Trinajstić information content (AvgIpc) is 2.36. The average molecular weight is 298 g/mol. The molecule has 3 atom stereocenters. The van der Waals surface area contributed by atoms with Gasteiger partial charge < -0.3 is 15.7 Å². The van der Waals surface area contributed by atoms with E-state index in [0.29, 0.717) is 19.5 Å². The van der Waals surface area contributed by atoms with Gasteiger partial charge in [0.05, 0.1) is 16.5 Å². The SMILES string of the molecule is CC(C)C(C(=O)N1CCC2(O)CCCCC2C1)C(N)=S.